The molecule has 0 radical (unpaired) electrons. The fourth-order valence-corrected chi connectivity index (χ4v) is 3.19. The topological polar surface area (TPSA) is 39.1 Å². The number of aromatic nitrogens is 2. The first kappa shape index (κ1) is 11.8. The van der Waals surface area contributed by atoms with Gasteiger partial charge in [0, 0.05) is 18.0 Å². The van der Waals surface area contributed by atoms with Crippen LogP contribution in [0.2, 0.25) is 0 Å². The van der Waals surface area contributed by atoms with Gasteiger partial charge in [0.1, 0.15) is 17.3 Å². The van der Waals surface area contributed by atoms with E-state index in [4.69, 9.17) is 9.84 Å². The molecular weight excluding hydrogens is 250 g/mol. The van der Waals surface area contributed by atoms with Gasteiger partial charge < -0.3 is 10.1 Å². The van der Waals surface area contributed by atoms with Crippen molar-refractivity contribution in [2.75, 3.05) is 19.0 Å². The average molecular weight is 269 g/mol. The molecule has 1 aromatic heterocycles. The molecule has 2 aliphatic rings. The highest BCUT2D eigenvalue weighted by Crippen LogP contribution is 2.42. The van der Waals surface area contributed by atoms with Crippen molar-refractivity contribution in [3.63, 3.8) is 0 Å². The summed E-state index contributed by atoms with van der Waals surface area (Å²) in [4.78, 5) is 0. The lowest BCUT2D eigenvalue weighted by molar-refractivity contribution is 0.403. The summed E-state index contributed by atoms with van der Waals surface area (Å²) in [5, 5.41) is 8.39. The van der Waals surface area contributed by atoms with Crippen molar-refractivity contribution in [2.45, 2.75) is 31.6 Å². The molecule has 1 fully saturated rings. The summed E-state index contributed by atoms with van der Waals surface area (Å²) in [6, 6.07) is 8.08. The minimum Gasteiger partial charge on any atom is -0.494 e. The molecule has 1 aliphatic heterocycles. The lowest BCUT2D eigenvalue weighted by atomic mass is 9.81. The van der Waals surface area contributed by atoms with Gasteiger partial charge in [0.2, 0.25) is 0 Å². The van der Waals surface area contributed by atoms with Crippen molar-refractivity contribution in [3.8, 4) is 11.4 Å². The molecule has 0 spiro atoms. The van der Waals surface area contributed by atoms with E-state index in [0.29, 0.717) is 5.92 Å². The van der Waals surface area contributed by atoms with Crippen molar-refractivity contribution in [2.24, 2.45) is 0 Å². The quantitative estimate of drug-likeness (QED) is 0.930. The van der Waals surface area contributed by atoms with Crippen LogP contribution in [0, 0.1) is 0 Å². The molecule has 20 heavy (non-hydrogen) atoms. The van der Waals surface area contributed by atoms with Gasteiger partial charge in [0.05, 0.1) is 12.8 Å². The number of anilines is 1. The number of methoxy groups -OCH3 is 1. The van der Waals surface area contributed by atoms with E-state index >= 15 is 0 Å². The number of nitrogens with zero attached hydrogens (tertiary/aromatic N) is 2. The monoisotopic (exact) mass is 269 g/mol. The zero-order chi connectivity index (χ0) is 13.5. The van der Waals surface area contributed by atoms with Gasteiger partial charge in [0.15, 0.2) is 0 Å². The Bertz CT molecular complexity index is 643. The fraction of sp³-hybridized carbons (Fsp3) is 0.438. The fourth-order valence-electron chi connectivity index (χ4n) is 3.19. The smallest absolute Gasteiger partial charge is 0.144 e. The van der Waals surface area contributed by atoms with E-state index in [-0.39, 0.29) is 0 Å². The Labute approximate surface area is 118 Å². The van der Waals surface area contributed by atoms with Gasteiger partial charge in [-0.25, -0.2) is 4.68 Å². The number of rotatable bonds is 3. The van der Waals surface area contributed by atoms with Crippen molar-refractivity contribution in [1.82, 2.24) is 9.78 Å². The van der Waals surface area contributed by atoms with Crippen LogP contribution in [0.3, 0.4) is 0 Å². The van der Waals surface area contributed by atoms with Crippen molar-refractivity contribution in [3.05, 3.63) is 35.5 Å². The minimum absolute atomic E-state index is 0.666. The normalized spacial score (nSPS) is 17.4. The van der Waals surface area contributed by atoms with Crippen molar-refractivity contribution >= 4 is 5.82 Å². The Morgan fingerprint density at radius 3 is 2.90 bits per heavy atom. The molecule has 2 aromatic rings. The van der Waals surface area contributed by atoms with Gasteiger partial charge in [-0.2, -0.15) is 5.10 Å². The van der Waals surface area contributed by atoms with Crippen LogP contribution in [0.5, 0.6) is 5.75 Å². The average Bonchev–Trinajstić information content (AvgIpc) is 3.00. The molecular formula is C16H19N3O. The lowest BCUT2D eigenvalue weighted by Gasteiger charge is -2.24. The predicted molar refractivity (Wildman–Crippen MR) is 78.9 cm³/mol. The van der Waals surface area contributed by atoms with E-state index < -0.39 is 0 Å². The maximum absolute atomic E-state index is 5.48. The van der Waals surface area contributed by atoms with Gasteiger partial charge in [-0.05, 0) is 31.4 Å². The van der Waals surface area contributed by atoms with E-state index in [9.17, 15) is 0 Å². The van der Waals surface area contributed by atoms with Crippen LogP contribution >= 0.6 is 0 Å². The van der Waals surface area contributed by atoms with Gasteiger partial charge in [-0.15, -0.1) is 0 Å². The molecule has 1 saturated carbocycles. The summed E-state index contributed by atoms with van der Waals surface area (Å²) in [5.41, 5.74) is 3.74. The molecule has 4 nitrogen and oxygen atoms in total. The summed E-state index contributed by atoms with van der Waals surface area (Å²) in [6.45, 7) is 1.02. The number of ether oxygens (including phenoxy) is 1. The number of para-hydroxylation sites is 2. The molecule has 2 heterocycles. The molecule has 0 unspecified atom stereocenters. The van der Waals surface area contributed by atoms with E-state index in [0.717, 1.165) is 30.2 Å². The summed E-state index contributed by atoms with van der Waals surface area (Å²) in [6.07, 6.45) is 5.01. The summed E-state index contributed by atoms with van der Waals surface area (Å²) in [5.74, 6) is 2.70. The van der Waals surface area contributed by atoms with Crippen molar-refractivity contribution in [1.29, 1.82) is 0 Å². The van der Waals surface area contributed by atoms with Crippen LogP contribution in [0.1, 0.15) is 36.4 Å². The van der Waals surface area contributed by atoms with Crippen LogP contribution in [0.4, 0.5) is 5.82 Å². The Morgan fingerprint density at radius 2 is 2.15 bits per heavy atom. The summed E-state index contributed by atoms with van der Waals surface area (Å²) >= 11 is 0. The number of fused-ring (bicyclic) bond motifs is 1. The third-order valence-electron chi connectivity index (χ3n) is 4.49. The molecule has 104 valence electrons. The third-order valence-corrected chi connectivity index (χ3v) is 4.49. The zero-order valence-electron chi connectivity index (χ0n) is 11.7. The summed E-state index contributed by atoms with van der Waals surface area (Å²) < 4.78 is 7.52. The molecule has 1 aromatic carbocycles. The highest BCUT2D eigenvalue weighted by Gasteiger charge is 2.31. The standard InChI is InChI=1S/C16H19N3O/c1-20-14-8-3-2-7-13(14)19-16-12(9-10-17-16)15(18-19)11-5-4-6-11/h2-3,7-8,11,17H,4-6,9-10H2,1H3. The van der Waals surface area contributed by atoms with E-state index in [2.05, 4.69) is 11.4 Å². The first-order valence-electron chi connectivity index (χ1n) is 7.37. The van der Waals surface area contributed by atoms with E-state index in [1.165, 1.54) is 30.5 Å². The van der Waals surface area contributed by atoms with Gasteiger partial charge in [-0.3, -0.25) is 0 Å². The molecule has 0 bridgehead atoms. The number of benzene rings is 1. The van der Waals surface area contributed by atoms with Crippen LogP contribution in [0.15, 0.2) is 24.3 Å². The maximum atomic E-state index is 5.48. The Morgan fingerprint density at radius 1 is 1.30 bits per heavy atom. The Hall–Kier alpha value is -1.97. The van der Waals surface area contributed by atoms with E-state index in [1.54, 1.807) is 7.11 Å². The van der Waals surface area contributed by atoms with Gasteiger partial charge in [-0.1, -0.05) is 18.6 Å². The highest BCUT2D eigenvalue weighted by atomic mass is 16.5. The third kappa shape index (κ3) is 1.64. The lowest BCUT2D eigenvalue weighted by Crippen LogP contribution is -2.12. The summed E-state index contributed by atoms with van der Waals surface area (Å²) in [7, 11) is 1.71. The SMILES string of the molecule is COc1ccccc1-n1nc(C2CCC2)c2c1NCC2. The van der Waals surface area contributed by atoms with Gasteiger partial charge in [0.25, 0.3) is 0 Å². The zero-order valence-corrected chi connectivity index (χ0v) is 11.7. The number of hydrogen-bond acceptors (Lipinski definition) is 3. The van der Waals surface area contributed by atoms with E-state index in [1.807, 2.05) is 22.9 Å². The molecule has 0 atom stereocenters. The number of hydrogen-bond donors (Lipinski definition) is 1. The molecule has 0 amide bonds. The molecule has 4 heteroatoms. The van der Waals surface area contributed by atoms with Crippen LogP contribution < -0.4 is 10.1 Å². The highest BCUT2D eigenvalue weighted by molar-refractivity contribution is 5.60. The Kier molecular flexibility index (Phi) is 2.69. The van der Waals surface area contributed by atoms with Crippen LogP contribution in [-0.4, -0.2) is 23.4 Å². The molecule has 1 aliphatic carbocycles. The second-order valence-electron chi connectivity index (χ2n) is 5.60. The molecule has 0 saturated heterocycles. The first-order valence-corrected chi connectivity index (χ1v) is 7.37. The van der Waals surface area contributed by atoms with Crippen LogP contribution in [-0.2, 0) is 6.42 Å². The van der Waals surface area contributed by atoms with Crippen molar-refractivity contribution < 1.29 is 4.74 Å². The minimum atomic E-state index is 0.666. The first-order chi connectivity index (χ1) is 9.88. The van der Waals surface area contributed by atoms with Crippen LogP contribution in [0.25, 0.3) is 5.69 Å². The predicted octanol–water partition coefficient (Wildman–Crippen LogP) is 3.12. The maximum Gasteiger partial charge on any atom is 0.144 e. The van der Waals surface area contributed by atoms with Gasteiger partial charge >= 0.3 is 0 Å². The Balaban J connectivity index is 1.86. The largest absolute Gasteiger partial charge is 0.494 e. The number of nitrogens with one attached hydrogen (secondary N) is 1. The molecule has 4 rings (SSSR count). The second kappa shape index (κ2) is 4.54. The molecule has 1 N–H and O–H groups in total. The second-order valence-corrected chi connectivity index (χ2v) is 5.60.